The number of halogens is 3. The maximum atomic E-state index is 13.4. The van der Waals surface area contributed by atoms with Gasteiger partial charge in [0.05, 0.1) is 17.0 Å². The normalized spacial score (nSPS) is 12.2. The molecule has 2 rings (SSSR count). The van der Waals surface area contributed by atoms with Gasteiger partial charge in [0.1, 0.15) is 12.6 Å². The summed E-state index contributed by atoms with van der Waals surface area (Å²) >= 11 is 18.2. The fraction of sp³-hybridized carbons (Fsp3) is 0.364. The topological polar surface area (TPSA) is 86.8 Å². The summed E-state index contributed by atoms with van der Waals surface area (Å²) in [5.41, 5.74) is 0.809. The number of carbonyl (C=O) groups excluding carboxylic acids is 2. The molecule has 2 aromatic rings. The predicted molar refractivity (Wildman–Crippen MR) is 133 cm³/mol. The summed E-state index contributed by atoms with van der Waals surface area (Å²) in [5, 5.41) is 3.69. The van der Waals surface area contributed by atoms with Crippen LogP contribution in [0.5, 0.6) is 0 Å². The Balaban J connectivity index is 2.40. The number of anilines is 1. The van der Waals surface area contributed by atoms with Gasteiger partial charge in [-0.3, -0.25) is 13.9 Å². The molecule has 0 aromatic heterocycles. The van der Waals surface area contributed by atoms with Crippen molar-refractivity contribution in [2.24, 2.45) is 0 Å². The third-order valence-corrected chi connectivity index (χ3v) is 6.77. The first kappa shape index (κ1) is 27.2. The number of hydrogen-bond donors (Lipinski definition) is 1. The molecule has 0 unspecified atom stereocenters. The molecule has 0 aliphatic rings. The third-order valence-electron chi connectivity index (χ3n) is 4.84. The van der Waals surface area contributed by atoms with Gasteiger partial charge in [-0.1, -0.05) is 53.9 Å². The van der Waals surface area contributed by atoms with E-state index in [0.717, 1.165) is 22.5 Å². The van der Waals surface area contributed by atoms with Crippen molar-refractivity contribution in [3.8, 4) is 0 Å². The van der Waals surface area contributed by atoms with Crippen molar-refractivity contribution < 1.29 is 18.0 Å². The predicted octanol–water partition coefficient (Wildman–Crippen LogP) is 4.36. The fourth-order valence-electron chi connectivity index (χ4n) is 3.04. The molecular formula is C22H26Cl3N3O4S. The first-order valence-corrected chi connectivity index (χ1v) is 13.2. The zero-order valence-electron chi connectivity index (χ0n) is 18.5. The number of hydrogen-bond acceptors (Lipinski definition) is 4. The molecule has 1 atom stereocenters. The molecule has 0 spiro atoms. The Morgan fingerprint density at radius 1 is 1.03 bits per heavy atom. The van der Waals surface area contributed by atoms with Crippen LogP contribution in [0, 0.1) is 0 Å². The molecule has 2 aromatic carbocycles. The van der Waals surface area contributed by atoms with Crippen LogP contribution in [0.3, 0.4) is 0 Å². The van der Waals surface area contributed by atoms with Gasteiger partial charge >= 0.3 is 0 Å². The molecule has 180 valence electrons. The SMILES string of the molecule is CCCNC(=O)[C@H](C)N(Cc1ccc(Cl)cc1)C(=O)CN(c1cc(Cl)ccc1Cl)S(C)(=O)=O. The quantitative estimate of drug-likeness (QED) is 0.491. The van der Waals surface area contributed by atoms with E-state index in [-0.39, 0.29) is 28.2 Å². The molecule has 33 heavy (non-hydrogen) atoms. The Morgan fingerprint density at radius 2 is 1.64 bits per heavy atom. The maximum Gasteiger partial charge on any atom is 0.244 e. The highest BCUT2D eigenvalue weighted by Gasteiger charge is 2.30. The number of sulfonamides is 1. The molecule has 0 radical (unpaired) electrons. The van der Waals surface area contributed by atoms with Crippen LogP contribution in [0.2, 0.25) is 15.1 Å². The Hall–Kier alpha value is -2.00. The smallest absolute Gasteiger partial charge is 0.244 e. The molecular weight excluding hydrogens is 509 g/mol. The standard InChI is InChI=1S/C22H26Cl3N3O4S/c1-4-11-26-22(30)15(2)27(13-16-5-7-17(23)8-6-16)21(29)14-28(33(3,31)32)20-12-18(24)9-10-19(20)25/h5-10,12,15H,4,11,13-14H2,1-3H3,(H,26,30)/t15-/m0/s1. The van der Waals surface area contributed by atoms with Gasteiger partial charge in [0.15, 0.2) is 0 Å². The maximum absolute atomic E-state index is 13.4. The molecule has 11 heteroatoms. The van der Waals surface area contributed by atoms with Gasteiger partial charge in [-0.15, -0.1) is 0 Å². The average Bonchev–Trinajstić information content (AvgIpc) is 2.75. The van der Waals surface area contributed by atoms with Crippen molar-refractivity contribution in [3.05, 3.63) is 63.1 Å². The molecule has 2 amide bonds. The molecule has 0 bridgehead atoms. The van der Waals surface area contributed by atoms with Crippen molar-refractivity contribution in [1.29, 1.82) is 0 Å². The summed E-state index contributed by atoms with van der Waals surface area (Å²) in [4.78, 5) is 27.4. The second-order valence-corrected chi connectivity index (χ2v) is 10.7. The van der Waals surface area contributed by atoms with Crippen LogP contribution in [0.25, 0.3) is 0 Å². The highest BCUT2D eigenvalue weighted by Crippen LogP contribution is 2.31. The van der Waals surface area contributed by atoms with E-state index in [1.807, 2.05) is 6.92 Å². The lowest BCUT2D eigenvalue weighted by molar-refractivity contribution is -0.139. The van der Waals surface area contributed by atoms with Crippen LogP contribution in [0.1, 0.15) is 25.8 Å². The highest BCUT2D eigenvalue weighted by atomic mass is 35.5. The van der Waals surface area contributed by atoms with Crippen molar-refractivity contribution in [2.75, 3.05) is 23.7 Å². The Kier molecular flexibility index (Phi) is 9.84. The molecule has 0 aliphatic carbocycles. The summed E-state index contributed by atoms with van der Waals surface area (Å²) in [6, 6.07) is 10.3. The number of amides is 2. The number of nitrogens with one attached hydrogen (secondary N) is 1. The second kappa shape index (κ2) is 11.9. The molecule has 0 saturated carbocycles. The highest BCUT2D eigenvalue weighted by molar-refractivity contribution is 7.92. The number of benzene rings is 2. The van der Waals surface area contributed by atoms with E-state index >= 15 is 0 Å². The minimum atomic E-state index is -3.90. The second-order valence-electron chi connectivity index (χ2n) is 7.48. The van der Waals surface area contributed by atoms with Crippen LogP contribution in [0.15, 0.2) is 42.5 Å². The third kappa shape index (κ3) is 7.78. The molecule has 0 fully saturated rings. The summed E-state index contributed by atoms with van der Waals surface area (Å²) in [6.45, 7) is 3.49. The van der Waals surface area contributed by atoms with E-state index < -0.39 is 28.5 Å². The lowest BCUT2D eigenvalue weighted by atomic mass is 10.1. The van der Waals surface area contributed by atoms with Gasteiger partial charge in [-0.2, -0.15) is 0 Å². The lowest BCUT2D eigenvalue weighted by Crippen LogP contribution is -2.51. The van der Waals surface area contributed by atoms with Crippen LogP contribution in [-0.4, -0.2) is 50.5 Å². The van der Waals surface area contributed by atoms with Crippen molar-refractivity contribution in [2.45, 2.75) is 32.9 Å². The van der Waals surface area contributed by atoms with Crippen LogP contribution in [-0.2, 0) is 26.2 Å². The number of nitrogens with zero attached hydrogens (tertiary/aromatic N) is 2. The van der Waals surface area contributed by atoms with Gasteiger partial charge < -0.3 is 10.2 Å². The van der Waals surface area contributed by atoms with E-state index in [1.165, 1.54) is 23.1 Å². The van der Waals surface area contributed by atoms with Crippen molar-refractivity contribution >= 4 is 62.3 Å². The molecule has 0 heterocycles. The van der Waals surface area contributed by atoms with Crippen molar-refractivity contribution in [1.82, 2.24) is 10.2 Å². The van der Waals surface area contributed by atoms with Gasteiger partial charge in [0, 0.05) is 23.1 Å². The summed E-state index contributed by atoms with van der Waals surface area (Å²) in [5.74, 6) is -0.920. The minimum absolute atomic E-state index is 0.0783. The fourth-order valence-corrected chi connectivity index (χ4v) is 4.45. The van der Waals surface area contributed by atoms with Gasteiger partial charge in [0.25, 0.3) is 0 Å². The first-order chi connectivity index (χ1) is 15.4. The molecule has 7 nitrogen and oxygen atoms in total. The zero-order valence-corrected chi connectivity index (χ0v) is 21.6. The van der Waals surface area contributed by atoms with E-state index in [4.69, 9.17) is 34.8 Å². The molecule has 0 aliphatic heterocycles. The zero-order chi connectivity index (χ0) is 24.8. The Bertz CT molecular complexity index is 1090. The molecule has 0 saturated heterocycles. The molecule has 1 N–H and O–H groups in total. The Labute approximate surface area is 209 Å². The average molecular weight is 535 g/mol. The monoisotopic (exact) mass is 533 g/mol. The van der Waals surface area contributed by atoms with Crippen LogP contribution in [0.4, 0.5) is 5.69 Å². The minimum Gasteiger partial charge on any atom is -0.354 e. The van der Waals surface area contributed by atoms with Gasteiger partial charge in [-0.25, -0.2) is 8.42 Å². The van der Waals surface area contributed by atoms with E-state index in [0.29, 0.717) is 11.6 Å². The number of rotatable bonds is 10. The Morgan fingerprint density at radius 3 is 2.21 bits per heavy atom. The summed E-state index contributed by atoms with van der Waals surface area (Å²) < 4.78 is 26.0. The summed E-state index contributed by atoms with van der Waals surface area (Å²) in [7, 11) is -3.90. The summed E-state index contributed by atoms with van der Waals surface area (Å²) in [6.07, 6.45) is 1.71. The van der Waals surface area contributed by atoms with E-state index in [2.05, 4.69) is 5.32 Å². The van der Waals surface area contributed by atoms with Crippen molar-refractivity contribution in [3.63, 3.8) is 0 Å². The van der Waals surface area contributed by atoms with Crippen LogP contribution >= 0.6 is 34.8 Å². The van der Waals surface area contributed by atoms with E-state index in [9.17, 15) is 18.0 Å². The largest absolute Gasteiger partial charge is 0.354 e. The van der Waals surface area contributed by atoms with E-state index in [1.54, 1.807) is 31.2 Å². The van der Waals surface area contributed by atoms with Gasteiger partial charge in [-0.05, 0) is 49.2 Å². The number of carbonyl (C=O) groups is 2. The van der Waals surface area contributed by atoms with Gasteiger partial charge in [0.2, 0.25) is 21.8 Å². The van der Waals surface area contributed by atoms with Crippen LogP contribution < -0.4 is 9.62 Å². The first-order valence-electron chi connectivity index (χ1n) is 10.2. The lowest BCUT2D eigenvalue weighted by Gasteiger charge is -2.31.